The van der Waals surface area contributed by atoms with E-state index in [9.17, 15) is 0 Å². The van der Waals surface area contributed by atoms with E-state index in [1.165, 1.54) is 12.0 Å². The molecule has 1 nitrogen and oxygen atoms in total. The molecule has 0 spiro atoms. The van der Waals surface area contributed by atoms with E-state index >= 15 is 0 Å². The van der Waals surface area contributed by atoms with Gasteiger partial charge in [-0.3, -0.25) is 0 Å². The molecule has 0 aliphatic heterocycles. The van der Waals surface area contributed by atoms with Gasteiger partial charge in [-0.05, 0) is 43.0 Å². The van der Waals surface area contributed by atoms with Crippen molar-refractivity contribution < 1.29 is 0 Å². The summed E-state index contributed by atoms with van der Waals surface area (Å²) in [5.74, 6) is 0.612. The molecule has 2 heteroatoms. The summed E-state index contributed by atoms with van der Waals surface area (Å²) in [4.78, 5) is 0. The molecule has 0 saturated heterocycles. The van der Waals surface area contributed by atoms with Crippen molar-refractivity contribution in [3.8, 4) is 0 Å². The van der Waals surface area contributed by atoms with Crippen molar-refractivity contribution in [1.29, 1.82) is 0 Å². The topological polar surface area (TPSA) is 26.0 Å². The second kappa shape index (κ2) is 5.40. The maximum Gasteiger partial charge on any atom is 0.0178 e. The lowest BCUT2D eigenvalue weighted by molar-refractivity contribution is 0.640. The predicted octanol–water partition coefficient (Wildman–Crippen LogP) is 3.29. The molecule has 0 heterocycles. The molecule has 72 valence electrons. The van der Waals surface area contributed by atoms with Gasteiger partial charge in [0.1, 0.15) is 0 Å². The zero-order valence-electron chi connectivity index (χ0n) is 7.96. The van der Waals surface area contributed by atoms with Gasteiger partial charge in [-0.1, -0.05) is 35.0 Å². The average molecular weight is 242 g/mol. The molecule has 0 bridgehead atoms. The van der Waals surface area contributed by atoms with Gasteiger partial charge in [0.2, 0.25) is 0 Å². The molecule has 0 amide bonds. The van der Waals surface area contributed by atoms with Crippen LogP contribution in [0, 0.1) is 0 Å². The molecular formula is C11H16BrN. The first kappa shape index (κ1) is 10.7. The fraction of sp³-hybridized carbons (Fsp3) is 0.455. The zero-order valence-corrected chi connectivity index (χ0v) is 9.55. The van der Waals surface area contributed by atoms with Crippen LogP contribution in [0.25, 0.3) is 0 Å². The highest BCUT2D eigenvalue weighted by molar-refractivity contribution is 9.10. The Labute approximate surface area is 88.5 Å². The number of nitrogens with two attached hydrogens (primary N) is 1. The fourth-order valence-electron chi connectivity index (χ4n) is 1.40. The molecule has 0 radical (unpaired) electrons. The summed E-state index contributed by atoms with van der Waals surface area (Å²) >= 11 is 3.47. The SMILES string of the molecule is CC(CCCN)c1cccc(Br)c1. The third kappa shape index (κ3) is 3.49. The van der Waals surface area contributed by atoms with Gasteiger partial charge < -0.3 is 5.73 Å². The van der Waals surface area contributed by atoms with E-state index < -0.39 is 0 Å². The summed E-state index contributed by atoms with van der Waals surface area (Å²) in [7, 11) is 0. The molecule has 1 aromatic rings. The number of rotatable bonds is 4. The third-order valence-electron chi connectivity index (χ3n) is 2.26. The molecule has 0 fully saturated rings. The van der Waals surface area contributed by atoms with Crippen LogP contribution in [0.3, 0.4) is 0 Å². The van der Waals surface area contributed by atoms with Crippen LogP contribution >= 0.6 is 15.9 Å². The molecule has 0 aliphatic rings. The summed E-state index contributed by atoms with van der Waals surface area (Å²) in [5, 5.41) is 0. The summed E-state index contributed by atoms with van der Waals surface area (Å²) in [6.07, 6.45) is 2.28. The van der Waals surface area contributed by atoms with Gasteiger partial charge in [0.15, 0.2) is 0 Å². The van der Waals surface area contributed by atoms with Crippen molar-refractivity contribution in [1.82, 2.24) is 0 Å². The lowest BCUT2D eigenvalue weighted by atomic mass is 9.96. The smallest absolute Gasteiger partial charge is 0.0178 e. The van der Waals surface area contributed by atoms with Crippen LogP contribution in [0.15, 0.2) is 28.7 Å². The van der Waals surface area contributed by atoms with E-state index in [2.05, 4.69) is 47.1 Å². The van der Waals surface area contributed by atoms with E-state index in [0.717, 1.165) is 17.4 Å². The molecule has 13 heavy (non-hydrogen) atoms. The molecule has 0 aromatic heterocycles. The fourth-order valence-corrected chi connectivity index (χ4v) is 1.82. The van der Waals surface area contributed by atoms with Gasteiger partial charge in [-0.2, -0.15) is 0 Å². The summed E-state index contributed by atoms with van der Waals surface area (Å²) in [6.45, 7) is 3.04. The van der Waals surface area contributed by atoms with Gasteiger partial charge in [-0.15, -0.1) is 0 Å². The van der Waals surface area contributed by atoms with E-state index in [4.69, 9.17) is 5.73 Å². The largest absolute Gasteiger partial charge is 0.330 e. The standard InChI is InChI=1S/C11H16BrN/c1-9(4-3-7-13)10-5-2-6-11(12)8-10/h2,5-6,8-9H,3-4,7,13H2,1H3. The Morgan fingerprint density at radius 2 is 2.23 bits per heavy atom. The third-order valence-corrected chi connectivity index (χ3v) is 2.75. The molecule has 0 saturated carbocycles. The van der Waals surface area contributed by atoms with Crippen LogP contribution in [-0.2, 0) is 0 Å². The first-order valence-corrected chi connectivity index (χ1v) is 5.49. The Kier molecular flexibility index (Phi) is 4.46. The highest BCUT2D eigenvalue weighted by Crippen LogP contribution is 2.22. The van der Waals surface area contributed by atoms with Gasteiger partial charge in [-0.25, -0.2) is 0 Å². The lowest BCUT2D eigenvalue weighted by Gasteiger charge is -2.10. The lowest BCUT2D eigenvalue weighted by Crippen LogP contribution is -2.01. The molecule has 1 atom stereocenters. The number of hydrogen-bond acceptors (Lipinski definition) is 1. The first-order chi connectivity index (χ1) is 6.24. The quantitative estimate of drug-likeness (QED) is 0.861. The number of halogens is 1. The van der Waals surface area contributed by atoms with Gasteiger partial charge in [0.25, 0.3) is 0 Å². The van der Waals surface area contributed by atoms with Gasteiger partial charge >= 0.3 is 0 Å². The molecule has 1 aromatic carbocycles. The molecule has 0 aliphatic carbocycles. The minimum Gasteiger partial charge on any atom is -0.330 e. The Morgan fingerprint density at radius 1 is 1.46 bits per heavy atom. The van der Waals surface area contributed by atoms with Crippen LogP contribution in [0.1, 0.15) is 31.2 Å². The highest BCUT2D eigenvalue weighted by Gasteiger charge is 2.04. The van der Waals surface area contributed by atoms with Crippen LogP contribution in [0.4, 0.5) is 0 Å². The second-order valence-electron chi connectivity index (χ2n) is 3.39. The second-order valence-corrected chi connectivity index (χ2v) is 4.30. The molecule has 2 N–H and O–H groups in total. The maximum atomic E-state index is 5.48. The Bertz CT molecular complexity index is 260. The van der Waals surface area contributed by atoms with E-state index in [1.807, 2.05) is 0 Å². The Morgan fingerprint density at radius 3 is 2.85 bits per heavy atom. The van der Waals surface area contributed by atoms with Crippen molar-refractivity contribution >= 4 is 15.9 Å². The molecule has 1 rings (SSSR count). The van der Waals surface area contributed by atoms with Crippen LogP contribution < -0.4 is 5.73 Å². The zero-order chi connectivity index (χ0) is 9.68. The van der Waals surface area contributed by atoms with Crippen molar-refractivity contribution in [2.24, 2.45) is 5.73 Å². The summed E-state index contributed by atoms with van der Waals surface area (Å²) < 4.78 is 1.16. The first-order valence-electron chi connectivity index (χ1n) is 4.69. The molecular weight excluding hydrogens is 226 g/mol. The number of benzene rings is 1. The van der Waals surface area contributed by atoms with E-state index in [0.29, 0.717) is 5.92 Å². The predicted molar refractivity (Wildman–Crippen MR) is 60.8 cm³/mol. The maximum absolute atomic E-state index is 5.48. The van der Waals surface area contributed by atoms with Crippen molar-refractivity contribution in [3.63, 3.8) is 0 Å². The van der Waals surface area contributed by atoms with E-state index in [-0.39, 0.29) is 0 Å². The van der Waals surface area contributed by atoms with Crippen molar-refractivity contribution in [2.75, 3.05) is 6.54 Å². The molecule has 1 unspecified atom stereocenters. The van der Waals surface area contributed by atoms with Gasteiger partial charge in [0.05, 0.1) is 0 Å². The van der Waals surface area contributed by atoms with Gasteiger partial charge in [0, 0.05) is 4.47 Å². The normalized spacial score (nSPS) is 12.8. The van der Waals surface area contributed by atoms with Crippen LogP contribution in [0.2, 0.25) is 0 Å². The summed E-state index contributed by atoms with van der Waals surface area (Å²) in [5.41, 5.74) is 6.87. The van der Waals surface area contributed by atoms with Crippen LogP contribution in [-0.4, -0.2) is 6.54 Å². The van der Waals surface area contributed by atoms with Crippen LogP contribution in [0.5, 0.6) is 0 Å². The Balaban J connectivity index is 2.60. The minimum absolute atomic E-state index is 0.612. The average Bonchev–Trinajstić information content (AvgIpc) is 2.14. The van der Waals surface area contributed by atoms with Crippen molar-refractivity contribution in [3.05, 3.63) is 34.3 Å². The Hall–Kier alpha value is -0.340. The number of hydrogen-bond donors (Lipinski definition) is 1. The monoisotopic (exact) mass is 241 g/mol. The minimum atomic E-state index is 0.612. The summed E-state index contributed by atoms with van der Waals surface area (Å²) in [6, 6.07) is 8.49. The van der Waals surface area contributed by atoms with Crippen molar-refractivity contribution in [2.45, 2.75) is 25.7 Å². The highest BCUT2D eigenvalue weighted by atomic mass is 79.9. The van der Waals surface area contributed by atoms with E-state index in [1.54, 1.807) is 0 Å².